The molecule has 6 nitrogen and oxygen atoms in total. The molecule has 1 fully saturated rings. The molecule has 1 aliphatic rings. The van der Waals surface area contributed by atoms with Crippen LogP contribution in [0.1, 0.15) is 30.9 Å². The molecule has 1 saturated heterocycles. The number of hydrogen-bond donors (Lipinski definition) is 1. The molecule has 26 heavy (non-hydrogen) atoms. The van der Waals surface area contributed by atoms with Gasteiger partial charge in [0.15, 0.2) is 15.8 Å². The van der Waals surface area contributed by atoms with E-state index < -0.39 is 14.6 Å². The Balaban J connectivity index is 2.03. The van der Waals surface area contributed by atoms with Gasteiger partial charge in [0.2, 0.25) is 0 Å². The average molecular weight is 382 g/mol. The molecule has 1 aromatic carbocycles. The van der Waals surface area contributed by atoms with Crippen molar-refractivity contribution in [2.45, 2.75) is 37.5 Å². The van der Waals surface area contributed by atoms with Gasteiger partial charge in [-0.1, -0.05) is 31.2 Å². The number of nitrogens with zero attached hydrogens (tertiary/aromatic N) is 2. The van der Waals surface area contributed by atoms with E-state index in [1.165, 1.54) is 17.4 Å². The molecule has 7 heteroatoms. The van der Waals surface area contributed by atoms with Crippen LogP contribution in [0.2, 0.25) is 0 Å². The summed E-state index contributed by atoms with van der Waals surface area (Å²) in [6.45, 7) is 4.15. The number of guanidine groups is 1. The van der Waals surface area contributed by atoms with Crippen molar-refractivity contribution in [2.75, 3.05) is 40.1 Å². The van der Waals surface area contributed by atoms with Crippen LogP contribution < -0.4 is 5.32 Å². The summed E-state index contributed by atoms with van der Waals surface area (Å²) >= 11 is 0. The second-order valence-corrected chi connectivity index (χ2v) is 9.40. The van der Waals surface area contributed by atoms with Crippen LogP contribution in [0.3, 0.4) is 0 Å². The summed E-state index contributed by atoms with van der Waals surface area (Å²) in [5, 5.41) is 3.27. The molecule has 0 spiro atoms. The fourth-order valence-corrected chi connectivity index (χ4v) is 4.52. The lowest BCUT2D eigenvalue weighted by Gasteiger charge is -2.36. The van der Waals surface area contributed by atoms with Crippen LogP contribution in [-0.4, -0.2) is 64.1 Å². The maximum atomic E-state index is 12.4. The number of aliphatic imine (C=N–C) groups is 1. The van der Waals surface area contributed by atoms with Gasteiger partial charge in [-0.25, -0.2) is 8.42 Å². The van der Waals surface area contributed by atoms with Gasteiger partial charge in [-0.2, -0.15) is 0 Å². The summed E-state index contributed by atoms with van der Waals surface area (Å²) < 4.78 is 29.3. The molecule has 0 unspecified atom stereocenters. The first kappa shape index (κ1) is 20.7. The monoisotopic (exact) mass is 381 g/mol. The Morgan fingerprint density at radius 1 is 1.23 bits per heavy atom. The smallest absolute Gasteiger partial charge is 0.193 e. The van der Waals surface area contributed by atoms with Gasteiger partial charge in [0.1, 0.15) is 0 Å². The highest BCUT2D eigenvalue weighted by atomic mass is 32.2. The van der Waals surface area contributed by atoms with E-state index in [2.05, 4.69) is 41.5 Å². The van der Waals surface area contributed by atoms with Crippen molar-refractivity contribution in [1.29, 1.82) is 0 Å². The minimum absolute atomic E-state index is 0.348. The summed E-state index contributed by atoms with van der Waals surface area (Å²) in [7, 11) is 0.477. The molecule has 1 aliphatic heterocycles. The van der Waals surface area contributed by atoms with E-state index in [1.807, 2.05) is 11.9 Å². The number of hydrogen-bond acceptors (Lipinski definition) is 4. The van der Waals surface area contributed by atoms with Crippen molar-refractivity contribution in [1.82, 2.24) is 10.2 Å². The molecule has 0 bridgehead atoms. The van der Waals surface area contributed by atoms with Gasteiger partial charge >= 0.3 is 0 Å². The van der Waals surface area contributed by atoms with E-state index in [9.17, 15) is 8.42 Å². The highest BCUT2D eigenvalue weighted by molar-refractivity contribution is 7.92. The number of ether oxygens (including phenoxy) is 1. The standard InChI is InChI=1S/C19H31N3O3S/c1-5-16-6-8-17(9-7-16)14-22(3)18(20-2)21-15-19(26(4,23)24)10-12-25-13-11-19/h6-9H,5,10-15H2,1-4H3,(H,20,21). The highest BCUT2D eigenvalue weighted by Gasteiger charge is 2.42. The molecule has 0 amide bonds. The first-order valence-corrected chi connectivity index (χ1v) is 11.0. The second kappa shape index (κ2) is 8.86. The van der Waals surface area contributed by atoms with Gasteiger partial charge in [-0.15, -0.1) is 0 Å². The Kier molecular flexibility index (Phi) is 7.06. The van der Waals surface area contributed by atoms with Crippen molar-refractivity contribution in [3.8, 4) is 0 Å². The molecular weight excluding hydrogens is 350 g/mol. The fraction of sp³-hybridized carbons (Fsp3) is 0.632. The zero-order valence-electron chi connectivity index (χ0n) is 16.3. The largest absolute Gasteiger partial charge is 0.381 e. The molecular formula is C19H31N3O3S. The molecule has 0 aromatic heterocycles. The Bertz CT molecular complexity index is 708. The number of aryl methyl sites for hydroxylation is 1. The SMILES string of the molecule is CCc1ccc(CN(C)C(=NC)NCC2(S(C)(=O)=O)CCOCC2)cc1. The van der Waals surface area contributed by atoms with Crippen molar-refractivity contribution in [2.24, 2.45) is 4.99 Å². The van der Waals surface area contributed by atoms with E-state index in [-0.39, 0.29) is 0 Å². The van der Waals surface area contributed by atoms with Gasteiger partial charge in [0.05, 0.1) is 4.75 Å². The molecule has 0 aliphatic carbocycles. The summed E-state index contributed by atoms with van der Waals surface area (Å²) in [6.07, 6.45) is 3.37. The number of nitrogens with one attached hydrogen (secondary N) is 1. The third-order valence-electron chi connectivity index (χ3n) is 5.18. The molecule has 146 valence electrons. The number of benzene rings is 1. The zero-order valence-corrected chi connectivity index (χ0v) is 17.1. The van der Waals surface area contributed by atoms with Gasteiger partial charge in [0, 0.05) is 46.7 Å². The fourth-order valence-electron chi connectivity index (χ4n) is 3.28. The van der Waals surface area contributed by atoms with Gasteiger partial charge in [-0.05, 0) is 30.4 Å². The van der Waals surface area contributed by atoms with Crippen LogP contribution in [0, 0.1) is 0 Å². The van der Waals surface area contributed by atoms with Crippen LogP contribution in [-0.2, 0) is 27.5 Å². The lowest BCUT2D eigenvalue weighted by Crippen LogP contribution is -2.53. The van der Waals surface area contributed by atoms with Crippen LogP contribution in [0.5, 0.6) is 0 Å². The van der Waals surface area contributed by atoms with E-state index in [0.717, 1.165) is 6.42 Å². The van der Waals surface area contributed by atoms with Gasteiger partial charge in [-0.3, -0.25) is 4.99 Å². The zero-order chi connectivity index (χ0) is 19.2. The minimum Gasteiger partial charge on any atom is -0.381 e. The molecule has 1 heterocycles. The Labute approximate surface area is 157 Å². The highest BCUT2D eigenvalue weighted by Crippen LogP contribution is 2.28. The van der Waals surface area contributed by atoms with Gasteiger partial charge in [0.25, 0.3) is 0 Å². The Hall–Kier alpha value is -1.60. The van der Waals surface area contributed by atoms with Crippen LogP contribution in [0.4, 0.5) is 0 Å². The summed E-state index contributed by atoms with van der Waals surface area (Å²) in [4.78, 5) is 6.33. The normalized spacial score (nSPS) is 17.8. The van der Waals surface area contributed by atoms with Crippen molar-refractivity contribution in [3.05, 3.63) is 35.4 Å². The lowest BCUT2D eigenvalue weighted by molar-refractivity contribution is 0.0755. The first-order valence-electron chi connectivity index (χ1n) is 9.08. The molecule has 0 radical (unpaired) electrons. The molecule has 1 aromatic rings. The van der Waals surface area contributed by atoms with Crippen molar-refractivity contribution < 1.29 is 13.2 Å². The number of rotatable bonds is 6. The van der Waals surface area contributed by atoms with Crippen molar-refractivity contribution in [3.63, 3.8) is 0 Å². The quantitative estimate of drug-likeness (QED) is 0.601. The summed E-state index contributed by atoms with van der Waals surface area (Å²) in [5.74, 6) is 0.694. The van der Waals surface area contributed by atoms with Crippen LogP contribution >= 0.6 is 0 Å². The maximum absolute atomic E-state index is 12.4. The Morgan fingerprint density at radius 2 is 1.81 bits per heavy atom. The van der Waals surface area contributed by atoms with E-state index in [1.54, 1.807) is 7.05 Å². The topological polar surface area (TPSA) is 71.0 Å². The molecule has 0 atom stereocenters. The molecule has 0 saturated carbocycles. The molecule has 1 N–H and O–H groups in total. The predicted molar refractivity (Wildman–Crippen MR) is 106 cm³/mol. The van der Waals surface area contributed by atoms with Crippen molar-refractivity contribution >= 4 is 15.8 Å². The van der Waals surface area contributed by atoms with Gasteiger partial charge < -0.3 is 15.0 Å². The third kappa shape index (κ3) is 4.98. The Morgan fingerprint density at radius 3 is 2.31 bits per heavy atom. The first-order chi connectivity index (χ1) is 12.3. The third-order valence-corrected chi connectivity index (χ3v) is 7.31. The van der Waals surface area contributed by atoms with E-state index in [4.69, 9.17) is 4.74 Å². The minimum atomic E-state index is -3.20. The lowest BCUT2D eigenvalue weighted by atomic mass is 9.99. The van der Waals surface area contributed by atoms with Crippen LogP contribution in [0.25, 0.3) is 0 Å². The summed E-state index contributed by atoms with van der Waals surface area (Å²) in [6, 6.07) is 8.53. The average Bonchev–Trinajstić information content (AvgIpc) is 2.62. The van der Waals surface area contributed by atoms with Crippen LogP contribution in [0.15, 0.2) is 29.3 Å². The number of sulfone groups is 1. The maximum Gasteiger partial charge on any atom is 0.193 e. The van der Waals surface area contributed by atoms with E-state index >= 15 is 0 Å². The summed E-state index contributed by atoms with van der Waals surface area (Å²) in [5.41, 5.74) is 2.50. The molecule has 2 rings (SSSR count). The predicted octanol–water partition coefficient (Wildman–Crippen LogP) is 1.85. The van der Waals surface area contributed by atoms with E-state index in [0.29, 0.717) is 45.1 Å². The second-order valence-electron chi connectivity index (χ2n) is 6.99.